The third kappa shape index (κ3) is 3.51. The second-order valence-electron chi connectivity index (χ2n) is 5.43. The van der Waals surface area contributed by atoms with Crippen LogP contribution in [0.3, 0.4) is 0 Å². The van der Waals surface area contributed by atoms with Crippen LogP contribution < -0.4 is 5.32 Å². The number of amides is 1. The van der Waals surface area contributed by atoms with E-state index in [1.807, 2.05) is 13.8 Å². The molecule has 1 amide bonds. The fraction of sp³-hybridized carbons (Fsp3) is 0.312. The highest BCUT2D eigenvalue weighted by Gasteiger charge is 2.28. The minimum atomic E-state index is -1.63. The molecule has 118 valence electrons. The topological polar surface area (TPSA) is 49.3 Å². The van der Waals surface area contributed by atoms with Crippen molar-refractivity contribution < 1.29 is 18.7 Å². The third-order valence-electron chi connectivity index (χ3n) is 3.49. The Morgan fingerprint density at radius 3 is 2.55 bits per heavy atom. The van der Waals surface area contributed by atoms with E-state index < -0.39 is 17.2 Å². The molecule has 0 saturated carbocycles. The van der Waals surface area contributed by atoms with E-state index in [-0.39, 0.29) is 18.0 Å². The van der Waals surface area contributed by atoms with Crippen molar-refractivity contribution in [2.45, 2.75) is 26.4 Å². The monoisotopic (exact) mass is 325 g/mol. The predicted octanol–water partition coefficient (Wildman–Crippen LogP) is 3.28. The summed E-state index contributed by atoms with van der Waals surface area (Å²) >= 11 is 1.36. The molecule has 1 heterocycles. The van der Waals surface area contributed by atoms with Crippen molar-refractivity contribution >= 4 is 17.2 Å². The summed E-state index contributed by atoms with van der Waals surface area (Å²) in [4.78, 5) is 13.6. The van der Waals surface area contributed by atoms with Crippen molar-refractivity contribution in [3.8, 4) is 0 Å². The van der Waals surface area contributed by atoms with E-state index >= 15 is 0 Å². The van der Waals surface area contributed by atoms with Crippen molar-refractivity contribution in [1.82, 2.24) is 5.32 Å². The Kier molecular flexibility index (Phi) is 4.63. The van der Waals surface area contributed by atoms with E-state index in [1.54, 1.807) is 6.07 Å². The number of aryl methyl sites for hydroxylation is 2. The summed E-state index contributed by atoms with van der Waals surface area (Å²) in [5.74, 6) is -1.89. The largest absolute Gasteiger partial charge is 0.383 e. The zero-order chi connectivity index (χ0) is 16.5. The van der Waals surface area contributed by atoms with Crippen LogP contribution in [0.15, 0.2) is 24.3 Å². The number of benzene rings is 1. The van der Waals surface area contributed by atoms with Gasteiger partial charge < -0.3 is 10.4 Å². The number of hydrogen-bond acceptors (Lipinski definition) is 3. The SMILES string of the molecule is Cc1cc(C(=O)NCC(C)(O)c2ccc(F)cc2F)sc1C. The molecule has 3 nitrogen and oxygen atoms in total. The van der Waals surface area contributed by atoms with Crippen LogP contribution in [0.4, 0.5) is 8.78 Å². The van der Waals surface area contributed by atoms with Gasteiger partial charge in [0.25, 0.3) is 5.91 Å². The molecular weight excluding hydrogens is 308 g/mol. The normalized spacial score (nSPS) is 13.7. The predicted molar refractivity (Wildman–Crippen MR) is 82.1 cm³/mol. The zero-order valence-corrected chi connectivity index (χ0v) is 13.4. The molecule has 0 radical (unpaired) electrons. The van der Waals surface area contributed by atoms with Gasteiger partial charge in [0.1, 0.15) is 17.2 Å². The van der Waals surface area contributed by atoms with Crippen LogP contribution in [-0.2, 0) is 5.60 Å². The van der Waals surface area contributed by atoms with Gasteiger partial charge >= 0.3 is 0 Å². The number of carbonyl (C=O) groups excluding carboxylic acids is 1. The van der Waals surface area contributed by atoms with Crippen molar-refractivity contribution in [3.05, 3.63) is 56.8 Å². The molecule has 0 bridgehead atoms. The molecule has 0 aliphatic heterocycles. The van der Waals surface area contributed by atoms with Gasteiger partial charge in [0.05, 0.1) is 11.4 Å². The zero-order valence-electron chi connectivity index (χ0n) is 12.5. The lowest BCUT2D eigenvalue weighted by Crippen LogP contribution is -2.39. The summed E-state index contributed by atoms with van der Waals surface area (Å²) in [5.41, 5.74) is -0.673. The van der Waals surface area contributed by atoms with Gasteiger partial charge in [-0.25, -0.2) is 8.78 Å². The molecule has 2 rings (SSSR count). The van der Waals surface area contributed by atoms with Crippen LogP contribution in [0.25, 0.3) is 0 Å². The fourth-order valence-corrected chi connectivity index (χ4v) is 3.00. The lowest BCUT2D eigenvalue weighted by Gasteiger charge is -2.24. The fourth-order valence-electron chi connectivity index (χ4n) is 2.05. The van der Waals surface area contributed by atoms with Crippen LogP contribution >= 0.6 is 11.3 Å². The maximum absolute atomic E-state index is 13.7. The number of rotatable bonds is 4. The first kappa shape index (κ1) is 16.6. The van der Waals surface area contributed by atoms with Crippen molar-refractivity contribution in [2.24, 2.45) is 0 Å². The second kappa shape index (κ2) is 6.14. The van der Waals surface area contributed by atoms with E-state index in [9.17, 15) is 18.7 Å². The quantitative estimate of drug-likeness (QED) is 0.906. The van der Waals surface area contributed by atoms with Crippen LogP contribution in [-0.4, -0.2) is 17.6 Å². The number of aliphatic hydroxyl groups is 1. The number of hydrogen-bond donors (Lipinski definition) is 2. The van der Waals surface area contributed by atoms with Crippen LogP contribution in [0.2, 0.25) is 0 Å². The molecule has 0 saturated heterocycles. The Balaban J connectivity index is 2.10. The molecular formula is C16H17F2NO2S. The first-order chi connectivity index (χ1) is 10.2. The number of halogens is 2. The van der Waals surface area contributed by atoms with Gasteiger partial charge in [-0.05, 0) is 38.5 Å². The Morgan fingerprint density at radius 2 is 2.00 bits per heavy atom. The Bertz CT molecular complexity index is 691. The van der Waals surface area contributed by atoms with Gasteiger partial charge in [-0.3, -0.25) is 4.79 Å². The average molecular weight is 325 g/mol. The van der Waals surface area contributed by atoms with Gasteiger partial charge in [0, 0.05) is 16.5 Å². The van der Waals surface area contributed by atoms with Gasteiger partial charge in [0.2, 0.25) is 0 Å². The lowest BCUT2D eigenvalue weighted by molar-refractivity contribution is 0.0495. The highest BCUT2D eigenvalue weighted by Crippen LogP contribution is 2.24. The van der Waals surface area contributed by atoms with Crippen molar-refractivity contribution in [3.63, 3.8) is 0 Å². The van der Waals surface area contributed by atoms with E-state index in [1.165, 1.54) is 24.3 Å². The Labute approximate surface area is 131 Å². The second-order valence-corrected chi connectivity index (χ2v) is 6.69. The lowest BCUT2D eigenvalue weighted by atomic mass is 9.95. The first-order valence-electron chi connectivity index (χ1n) is 6.74. The molecule has 1 aromatic carbocycles. The molecule has 1 unspecified atom stereocenters. The molecule has 1 aromatic heterocycles. The summed E-state index contributed by atoms with van der Waals surface area (Å²) in [6, 6.07) is 4.72. The maximum Gasteiger partial charge on any atom is 0.261 e. The van der Waals surface area contributed by atoms with Crippen LogP contribution in [0, 0.1) is 25.5 Å². The molecule has 1 atom stereocenters. The Hall–Kier alpha value is -1.79. The maximum atomic E-state index is 13.7. The minimum Gasteiger partial charge on any atom is -0.383 e. The summed E-state index contributed by atoms with van der Waals surface area (Å²) in [5, 5.41) is 12.9. The van der Waals surface area contributed by atoms with Crippen LogP contribution in [0.5, 0.6) is 0 Å². The van der Waals surface area contributed by atoms with Crippen molar-refractivity contribution in [1.29, 1.82) is 0 Å². The van der Waals surface area contributed by atoms with Gasteiger partial charge in [0.15, 0.2) is 0 Å². The van der Waals surface area contributed by atoms with Gasteiger partial charge in [-0.1, -0.05) is 6.07 Å². The first-order valence-corrected chi connectivity index (χ1v) is 7.55. The van der Waals surface area contributed by atoms with E-state index in [0.29, 0.717) is 10.9 Å². The summed E-state index contributed by atoms with van der Waals surface area (Å²) in [6.07, 6.45) is 0. The van der Waals surface area contributed by atoms with Crippen molar-refractivity contribution in [2.75, 3.05) is 6.54 Å². The van der Waals surface area contributed by atoms with E-state index in [0.717, 1.165) is 16.5 Å². The highest BCUT2D eigenvalue weighted by atomic mass is 32.1. The molecule has 22 heavy (non-hydrogen) atoms. The standard InChI is InChI=1S/C16H17F2NO2S/c1-9-6-14(22-10(9)2)15(20)19-8-16(3,21)12-5-4-11(17)7-13(12)18/h4-7,21H,8H2,1-3H3,(H,19,20). The third-order valence-corrected chi connectivity index (χ3v) is 4.65. The summed E-state index contributed by atoms with van der Waals surface area (Å²) in [7, 11) is 0. The number of nitrogens with one attached hydrogen (secondary N) is 1. The molecule has 0 spiro atoms. The minimum absolute atomic E-state index is 0.0623. The smallest absolute Gasteiger partial charge is 0.261 e. The molecule has 2 aromatic rings. The Morgan fingerprint density at radius 1 is 1.32 bits per heavy atom. The molecule has 0 aliphatic rings. The van der Waals surface area contributed by atoms with E-state index in [2.05, 4.69) is 5.32 Å². The molecule has 0 fully saturated rings. The summed E-state index contributed by atoms with van der Waals surface area (Å²) < 4.78 is 26.7. The average Bonchev–Trinajstić information content (AvgIpc) is 2.76. The highest BCUT2D eigenvalue weighted by molar-refractivity contribution is 7.14. The number of thiophene rings is 1. The van der Waals surface area contributed by atoms with Crippen LogP contribution in [0.1, 0.15) is 32.6 Å². The molecule has 6 heteroatoms. The van der Waals surface area contributed by atoms with E-state index in [4.69, 9.17) is 0 Å². The van der Waals surface area contributed by atoms with Gasteiger partial charge in [-0.2, -0.15) is 0 Å². The number of carbonyl (C=O) groups is 1. The summed E-state index contributed by atoms with van der Waals surface area (Å²) in [6.45, 7) is 5.02. The van der Waals surface area contributed by atoms with Gasteiger partial charge in [-0.15, -0.1) is 11.3 Å². The molecule has 2 N–H and O–H groups in total. The molecule has 0 aliphatic carbocycles.